The molecule has 0 N–H and O–H groups in total. The highest BCUT2D eigenvalue weighted by atomic mass is 19.4. The van der Waals surface area contributed by atoms with Gasteiger partial charge in [-0.15, -0.1) is 0 Å². The van der Waals surface area contributed by atoms with Gasteiger partial charge < -0.3 is 19.1 Å². The van der Waals surface area contributed by atoms with Gasteiger partial charge in [-0.25, -0.2) is 9.78 Å². The molecule has 0 atom stereocenters. The number of carbonyl (C=O) groups is 1. The van der Waals surface area contributed by atoms with Gasteiger partial charge in [-0.3, -0.25) is 4.90 Å². The van der Waals surface area contributed by atoms with Crippen molar-refractivity contribution in [1.29, 1.82) is 0 Å². The van der Waals surface area contributed by atoms with Crippen LogP contribution in [0.4, 0.5) is 23.7 Å². The summed E-state index contributed by atoms with van der Waals surface area (Å²) in [5.74, 6) is 2.43. The molecule has 7 nitrogen and oxygen atoms in total. The van der Waals surface area contributed by atoms with Gasteiger partial charge in [-0.2, -0.15) is 13.2 Å². The van der Waals surface area contributed by atoms with Gasteiger partial charge in [0.05, 0.1) is 5.56 Å². The third kappa shape index (κ3) is 6.43. The average molecular weight is 588 g/mol. The molecule has 3 heterocycles. The predicted octanol–water partition coefficient (Wildman–Crippen LogP) is 7.93. The van der Waals surface area contributed by atoms with Gasteiger partial charge in [0.25, 0.3) is 0 Å². The Morgan fingerprint density at radius 1 is 0.907 bits per heavy atom. The largest absolute Gasteiger partial charge is 0.454 e. The minimum Gasteiger partial charge on any atom is -0.454 e. The summed E-state index contributed by atoms with van der Waals surface area (Å²) in [6.07, 6.45) is 1.60. The maximum atomic E-state index is 13.4. The zero-order valence-electron chi connectivity index (χ0n) is 23.3. The van der Waals surface area contributed by atoms with Gasteiger partial charge >= 0.3 is 12.2 Å². The molecule has 2 amide bonds. The molecule has 0 spiro atoms. The van der Waals surface area contributed by atoms with Crippen LogP contribution in [0.3, 0.4) is 0 Å². The van der Waals surface area contributed by atoms with Gasteiger partial charge in [0.15, 0.2) is 11.5 Å². The number of hydrogen-bond donors (Lipinski definition) is 0. The Hall–Kier alpha value is -4.99. The molecule has 0 aliphatic carbocycles. The molecule has 2 aliphatic heterocycles. The summed E-state index contributed by atoms with van der Waals surface area (Å²) in [5.41, 5.74) is 3.36. The van der Waals surface area contributed by atoms with Gasteiger partial charge in [0, 0.05) is 37.6 Å². The number of alkyl halides is 3. The lowest BCUT2D eigenvalue weighted by Crippen LogP contribution is -2.49. The normalized spacial score (nSPS) is 14.9. The molecule has 0 bridgehead atoms. The second-order valence-electron chi connectivity index (χ2n) is 10.3. The second kappa shape index (κ2) is 11.7. The van der Waals surface area contributed by atoms with E-state index < -0.39 is 11.7 Å². The molecule has 220 valence electrons. The van der Waals surface area contributed by atoms with Crippen molar-refractivity contribution in [3.8, 4) is 23.1 Å². The molecule has 2 aliphatic rings. The summed E-state index contributed by atoms with van der Waals surface area (Å²) < 4.78 is 55.1. The average Bonchev–Trinajstić information content (AvgIpc) is 3.47. The van der Waals surface area contributed by atoms with E-state index in [0.717, 1.165) is 40.9 Å². The van der Waals surface area contributed by atoms with Gasteiger partial charge in [-0.1, -0.05) is 30.4 Å². The quantitative estimate of drug-likeness (QED) is 0.220. The number of carbonyl (C=O) groups excluding carboxylic acids is 1. The van der Waals surface area contributed by atoms with Crippen LogP contribution in [0.25, 0.3) is 12.2 Å². The highest BCUT2D eigenvalue weighted by molar-refractivity contribution is 5.93. The lowest BCUT2D eigenvalue weighted by Gasteiger charge is -2.36. The van der Waals surface area contributed by atoms with Crippen LogP contribution in [0.1, 0.15) is 34.2 Å². The Morgan fingerprint density at radius 2 is 1.67 bits per heavy atom. The number of aryl methyl sites for hydroxylation is 1. The Balaban J connectivity index is 1.08. The summed E-state index contributed by atoms with van der Waals surface area (Å²) in [5, 5.41) is 0. The van der Waals surface area contributed by atoms with E-state index in [0.29, 0.717) is 48.3 Å². The van der Waals surface area contributed by atoms with E-state index in [9.17, 15) is 18.0 Å². The fourth-order valence-electron chi connectivity index (χ4n) is 4.98. The van der Waals surface area contributed by atoms with E-state index in [4.69, 9.17) is 14.2 Å². The molecule has 0 saturated carbocycles. The zero-order valence-corrected chi connectivity index (χ0v) is 23.3. The first-order chi connectivity index (χ1) is 20.7. The highest BCUT2D eigenvalue weighted by Crippen LogP contribution is 2.34. The number of anilines is 1. The fraction of sp³-hybridized carbons (Fsp3) is 0.212. The van der Waals surface area contributed by atoms with Crippen LogP contribution in [0.2, 0.25) is 0 Å². The van der Waals surface area contributed by atoms with Crippen LogP contribution in [0.15, 0.2) is 79.0 Å². The van der Waals surface area contributed by atoms with Crippen molar-refractivity contribution in [2.75, 3.05) is 24.8 Å². The number of hydrogen-bond acceptors (Lipinski definition) is 5. The Kier molecular flexibility index (Phi) is 7.67. The number of urea groups is 1. The number of amides is 2. The van der Waals surface area contributed by atoms with E-state index >= 15 is 0 Å². The number of pyridine rings is 1. The van der Waals surface area contributed by atoms with E-state index in [1.165, 1.54) is 12.1 Å². The molecular weight excluding hydrogens is 559 g/mol. The predicted molar refractivity (Wildman–Crippen MR) is 156 cm³/mol. The maximum absolute atomic E-state index is 13.4. The van der Waals surface area contributed by atoms with Crippen molar-refractivity contribution in [3.05, 3.63) is 107 Å². The molecule has 0 unspecified atom stereocenters. The number of fused-ring (bicyclic) bond motifs is 1. The molecule has 6 rings (SSSR count). The Morgan fingerprint density at radius 3 is 2.42 bits per heavy atom. The Labute approximate surface area is 246 Å². The molecule has 3 aromatic carbocycles. The summed E-state index contributed by atoms with van der Waals surface area (Å²) in [4.78, 5) is 21.4. The smallest absolute Gasteiger partial charge is 0.416 e. The summed E-state index contributed by atoms with van der Waals surface area (Å²) in [6.45, 7) is 3.90. The number of aromatic nitrogens is 1. The standard InChI is InChI=1S/C33H28F3N3O4/c1-22-17-27(39-16-2-15-38(32(39)40)20-25-7-12-29-30(18-25)42-21-41-29)11-13-28(22)43-31-14-8-24(19-37-31)4-3-23-5-9-26(10-6-23)33(34,35)36/h3-14,17-19H,2,15-16,20-21H2,1H3. The monoisotopic (exact) mass is 587 g/mol. The van der Waals surface area contributed by atoms with Crippen LogP contribution in [-0.4, -0.2) is 35.8 Å². The summed E-state index contributed by atoms with van der Waals surface area (Å²) in [7, 11) is 0. The van der Waals surface area contributed by atoms with Gasteiger partial charge in [0.1, 0.15) is 5.75 Å². The zero-order chi connectivity index (χ0) is 30.0. The minimum absolute atomic E-state index is 0.0569. The minimum atomic E-state index is -4.36. The first kappa shape index (κ1) is 28.1. The highest BCUT2D eigenvalue weighted by Gasteiger charge is 2.30. The van der Waals surface area contributed by atoms with Crippen molar-refractivity contribution in [2.45, 2.75) is 26.1 Å². The van der Waals surface area contributed by atoms with Crippen LogP contribution >= 0.6 is 0 Å². The van der Waals surface area contributed by atoms with E-state index in [1.807, 2.05) is 54.3 Å². The van der Waals surface area contributed by atoms with Gasteiger partial charge in [0.2, 0.25) is 12.7 Å². The Bertz CT molecular complexity index is 1650. The number of rotatable bonds is 7. The van der Waals surface area contributed by atoms with Crippen LogP contribution in [0.5, 0.6) is 23.1 Å². The number of halogens is 3. The summed E-state index contributed by atoms with van der Waals surface area (Å²) >= 11 is 0. The molecule has 0 radical (unpaired) electrons. The number of nitrogens with zero attached hydrogens (tertiary/aromatic N) is 3. The molecule has 43 heavy (non-hydrogen) atoms. The van der Waals surface area contributed by atoms with Gasteiger partial charge in [-0.05, 0) is 84.1 Å². The molecule has 1 aromatic heterocycles. The van der Waals surface area contributed by atoms with Crippen molar-refractivity contribution in [1.82, 2.24) is 9.88 Å². The molecule has 1 saturated heterocycles. The molecule has 4 aromatic rings. The maximum Gasteiger partial charge on any atom is 0.416 e. The van der Waals surface area contributed by atoms with Crippen molar-refractivity contribution >= 4 is 23.9 Å². The van der Waals surface area contributed by atoms with Crippen LogP contribution in [0, 0.1) is 6.92 Å². The first-order valence-electron chi connectivity index (χ1n) is 13.8. The second-order valence-corrected chi connectivity index (χ2v) is 10.3. The fourth-order valence-corrected chi connectivity index (χ4v) is 4.98. The SMILES string of the molecule is Cc1cc(N2CCCN(Cc3ccc4c(c3)OCO4)C2=O)ccc1Oc1ccc(C=Cc2ccc(C(F)(F)F)cc2)cn1. The number of ether oxygens (including phenoxy) is 3. The van der Waals surface area contributed by atoms with E-state index in [2.05, 4.69) is 4.98 Å². The summed E-state index contributed by atoms with van der Waals surface area (Å²) in [6, 6.07) is 19.8. The lowest BCUT2D eigenvalue weighted by molar-refractivity contribution is -0.137. The van der Waals surface area contributed by atoms with Crippen molar-refractivity contribution in [2.24, 2.45) is 0 Å². The third-order valence-corrected chi connectivity index (χ3v) is 7.27. The van der Waals surface area contributed by atoms with Crippen LogP contribution in [-0.2, 0) is 12.7 Å². The van der Waals surface area contributed by atoms with E-state index in [-0.39, 0.29) is 12.8 Å². The molecular formula is C33H28F3N3O4. The molecule has 1 fully saturated rings. The van der Waals surface area contributed by atoms with Crippen molar-refractivity contribution < 1.29 is 32.2 Å². The third-order valence-electron chi connectivity index (χ3n) is 7.27. The topological polar surface area (TPSA) is 64.1 Å². The number of benzene rings is 3. The lowest BCUT2D eigenvalue weighted by atomic mass is 10.1. The molecule has 10 heteroatoms. The van der Waals surface area contributed by atoms with E-state index in [1.54, 1.807) is 29.3 Å². The first-order valence-corrected chi connectivity index (χ1v) is 13.8. The van der Waals surface area contributed by atoms with Crippen molar-refractivity contribution in [3.63, 3.8) is 0 Å². The van der Waals surface area contributed by atoms with Crippen LogP contribution < -0.4 is 19.1 Å².